The van der Waals surface area contributed by atoms with E-state index in [9.17, 15) is 5.26 Å². The lowest BCUT2D eigenvalue weighted by molar-refractivity contribution is 0.389. The molecule has 18 heavy (non-hydrogen) atoms. The van der Waals surface area contributed by atoms with Crippen molar-refractivity contribution in [1.82, 2.24) is 4.98 Å². The molecule has 0 fully saturated rings. The summed E-state index contributed by atoms with van der Waals surface area (Å²) in [6, 6.07) is 4.26. The van der Waals surface area contributed by atoms with Crippen LogP contribution < -0.4 is 5.32 Å². The van der Waals surface area contributed by atoms with Crippen molar-refractivity contribution in [3.05, 3.63) is 22.9 Å². The first-order chi connectivity index (χ1) is 8.49. The molecule has 0 aliphatic heterocycles. The van der Waals surface area contributed by atoms with Crippen molar-refractivity contribution in [3.8, 4) is 6.07 Å². The van der Waals surface area contributed by atoms with E-state index >= 15 is 0 Å². The molecular weight excluding hydrogens is 222 g/mol. The molecule has 1 aliphatic carbocycles. The van der Waals surface area contributed by atoms with Gasteiger partial charge in [-0.3, -0.25) is 0 Å². The highest BCUT2D eigenvalue weighted by Gasteiger charge is 2.16. The molecule has 1 aromatic rings. The van der Waals surface area contributed by atoms with Crippen LogP contribution in [-0.4, -0.2) is 11.5 Å². The Hall–Kier alpha value is -1.56. The van der Waals surface area contributed by atoms with E-state index in [1.54, 1.807) is 0 Å². The quantitative estimate of drug-likeness (QED) is 0.886. The molecule has 96 valence electrons. The van der Waals surface area contributed by atoms with E-state index in [4.69, 9.17) is 0 Å². The average molecular weight is 243 g/mol. The first-order valence-electron chi connectivity index (χ1n) is 6.66. The molecule has 0 spiro atoms. The van der Waals surface area contributed by atoms with Crippen molar-refractivity contribution in [2.24, 2.45) is 5.41 Å². The van der Waals surface area contributed by atoms with E-state index in [2.05, 4.69) is 37.1 Å². The van der Waals surface area contributed by atoms with Gasteiger partial charge in [-0.25, -0.2) is 4.98 Å². The number of aromatic nitrogens is 1. The lowest BCUT2D eigenvalue weighted by atomic mass is 9.92. The van der Waals surface area contributed by atoms with Gasteiger partial charge in [0.25, 0.3) is 0 Å². The topological polar surface area (TPSA) is 48.7 Å². The fraction of sp³-hybridized carbons (Fsp3) is 0.600. The molecule has 0 atom stereocenters. The van der Waals surface area contributed by atoms with Gasteiger partial charge >= 0.3 is 0 Å². The number of nitrogens with one attached hydrogen (secondary N) is 1. The van der Waals surface area contributed by atoms with Crippen molar-refractivity contribution in [3.63, 3.8) is 0 Å². The molecule has 0 saturated carbocycles. The first kappa shape index (κ1) is 12.9. The maximum atomic E-state index is 9.18. The van der Waals surface area contributed by atoms with Gasteiger partial charge in [0, 0.05) is 12.2 Å². The van der Waals surface area contributed by atoms with Gasteiger partial charge in [-0.1, -0.05) is 20.8 Å². The van der Waals surface area contributed by atoms with Crippen molar-refractivity contribution in [2.45, 2.75) is 46.5 Å². The van der Waals surface area contributed by atoms with Gasteiger partial charge in [-0.2, -0.15) is 5.26 Å². The van der Waals surface area contributed by atoms with E-state index in [0.29, 0.717) is 11.0 Å². The fourth-order valence-corrected chi connectivity index (χ4v) is 2.25. The predicted octanol–water partition coefficient (Wildman–Crippen LogP) is 3.29. The summed E-state index contributed by atoms with van der Waals surface area (Å²) in [5, 5.41) is 12.5. The third-order valence-electron chi connectivity index (χ3n) is 3.34. The summed E-state index contributed by atoms with van der Waals surface area (Å²) in [6.45, 7) is 7.52. The highest BCUT2D eigenvalue weighted by molar-refractivity contribution is 5.55. The van der Waals surface area contributed by atoms with Crippen LogP contribution in [0.25, 0.3) is 0 Å². The highest BCUT2D eigenvalue weighted by atomic mass is 15.0. The molecule has 3 heteroatoms. The van der Waals surface area contributed by atoms with Gasteiger partial charge in [-0.15, -0.1) is 0 Å². The number of hydrogen-bond acceptors (Lipinski definition) is 3. The normalized spacial score (nSPS) is 14.1. The third kappa shape index (κ3) is 3.01. The standard InChI is InChI=1S/C15H21N3/c1-15(2,3)7-8-17-14-12(10-16)9-11-5-4-6-13(11)18-14/h9H,4-8H2,1-3H3,(H,17,18). The van der Waals surface area contributed by atoms with Crippen LogP contribution in [0, 0.1) is 16.7 Å². The summed E-state index contributed by atoms with van der Waals surface area (Å²) in [6.07, 6.45) is 4.35. The number of hydrogen-bond donors (Lipinski definition) is 1. The maximum absolute atomic E-state index is 9.18. The minimum Gasteiger partial charge on any atom is -0.369 e. The minimum absolute atomic E-state index is 0.302. The second kappa shape index (κ2) is 4.97. The van der Waals surface area contributed by atoms with Crippen molar-refractivity contribution < 1.29 is 0 Å². The number of anilines is 1. The van der Waals surface area contributed by atoms with Crippen LogP contribution in [0.15, 0.2) is 6.07 Å². The smallest absolute Gasteiger partial charge is 0.144 e. The molecule has 2 rings (SSSR count). The largest absolute Gasteiger partial charge is 0.369 e. The number of pyridine rings is 1. The van der Waals surface area contributed by atoms with Gasteiger partial charge < -0.3 is 5.32 Å². The maximum Gasteiger partial charge on any atom is 0.144 e. The molecule has 0 amide bonds. The molecule has 0 saturated heterocycles. The Kier molecular flexibility index (Phi) is 3.56. The van der Waals surface area contributed by atoms with E-state index in [0.717, 1.165) is 31.6 Å². The van der Waals surface area contributed by atoms with E-state index in [1.165, 1.54) is 17.7 Å². The highest BCUT2D eigenvalue weighted by Crippen LogP contribution is 2.25. The second-order valence-electron chi connectivity index (χ2n) is 6.19. The molecule has 1 heterocycles. The van der Waals surface area contributed by atoms with E-state index in [1.807, 2.05) is 6.07 Å². The lowest BCUT2D eigenvalue weighted by Gasteiger charge is -2.18. The summed E-state index contributed by atoms with van der Waals surface area (Å²) in [4.78, 5) is 4.61. The monoisotopic (exact) mass is 243 g/mol. The molecule has 1 N–H and O–H groups in total. The van der Waals surface area contributed by atoms with Gasteiger partial charge in [0.15, 0.2) is 0 Å². The Balaban J connectivity index is 2.10. The van der Waals surface area contributed by atoms with Crippen LogP contribution in [0.2, 0.25) is 0 Å². The van der Waals surface area contributed by atoms with Crippen molar-refractivity contribution in [2.75, 3.05) is 11.9 Å². The Morgan fingerprint density at radius 3 is 2.83 bits per heavy atom. The third-order valence-corrected chi connectivity index (χ3v) is 3.34. The molecule has 0 radical (unpaired) electrons. The Morgan fingerprint density at radius 1 is 1.39 bits per heavy atom. The van der Waals surface area contributed by atoms with Gasteiger partial charge in [0.05, 0.1) is 5.56 Å². The van der Waals surface area contributed by atoms with E-state index < -0.39 is 0 Å². The Bertz CT molecular complexity index is 478. The lowest BCUT2D eigenvalue weighted by Crippen LogP contribution is -2.14. The van der Waals surface area contributed by atoms with Crippen LogP contribution in [-0.2, 0) is 12.8 Å². The summed E-state index contributed by atoms with van der Waals surface area (Å²) < 4.78 is 0. The zero-order valence-electron chi connectivity index (χ0n) is 11.5. The fourth-order valence-electron chi connectivity index (χ4n) is 2.25. The predicted molar refractivity (Wildman–Crippen MR) is 73.5 cm³/mol. The minimum atomic E-state index is 0.302. The molecule has 1 aromatic heterocycles. The Labute approximate surface area is 109 Å². The zero-order valence-corrected chi connectivity index (χ0v) is 11.5. The van der Waals surface area contributed by atoms with Gasteiger partial charge in [0.1, 0.15) is 11.9 Å². The molecule has 0 unspecified atom stereocenters. The Morgan fingerprint density at radius 2 is 2.17 bits per heavy atom. The van der Waals surface area contributed by atoms with Crippen LogP contribution in [0.5, 0.6) is 0 Å². The summed E-state index contributed by atoms with van der Waals surface area (Å²) in [5.41, 5.74) is 3.42. The van der Waals surface area contributed by atoms with Crippen molar-refractivity contribution in [1.29, 1.82) is 5.26 Å². The summed E-state index contributed by atoms with van der Waals surface area (Å²) >= 11 is 0. The van der Waals surface area contributed by atoms with Crippen LogP contribution >= 0.6 is 0 Å². The molecule has 1 aliphatic rings. The number of nitrogens with zero attached hydrogens (tertiary/aromatic N) is 2. The molecule has 3 nitrogen and oxygen atoms in total. The molecular formula is C15H21N3. The SMILES string of the molecule is CC(C)(C)CCNc1nc2c(cc1C#N)CCC2. The second-order valence-corrected chi connectivity index (χ2v) is 6.19. The van der Waals surface area contributed by atoms with Crippen molar-refractivity contribution >= 4 is 5.82 Å². The average Bonchev–Trinajstić information content (AvgIpc) is 2.73. The van der Waals surface area contributed by atoms with Crippen LogP contribution in [0.1, 0.15) is 50.4 Å². The van der Waals surface area contributed by atoms with Gasteiger partial charge in [-0.05, 0) is 42.7 Å². The molecule has 0 bridgehead atoms. The summed E-state index contributed by atoms with van der Waals surface area (Å²) in [5.74, 6) is 0.766. The number of fused-ring (bicyclic) bond motifs is 1. The van der Waals surface area contributed by atoms with E-state index in [-0.39, 0.29) is 0 Å². The number of rotatable bonds is 3. The molecule has 0 aromatic carbocycles. The first-order valence-corrected chi connectivity index (χ1v) is 6.66. The van der Waals surface area contributed by atoms with Gasteiger partial charge in [0.2, 0.25) is 0 Å². The number of aryl methyl sites for hydroxylation is 2. The number of nitriles is 1. The zero-order chi connectivity index (χ0) is 13.2. The van der Waals surface area contributed by atoms with Crippen LogP contribution in [0.3, 0.4) is 0 Å². The summed E-state index contributed by atoms with van der Waals surface area (Å²) in [7, 11) is 0. The van der Waals surface area contributed by atoms with Crippen LogP contribution in [0.4, 0.5) is 5.82 Å².